The quantitative estimate of drug-likeness (QED) is 0.736. The smallest absolute Gasteiger partial charge is 0.291 e. The molecule has 0 radical (unpaired) electrons. The Hall–Kier alpha value is -3.35. The molecule has 3 heterocycles. The van der Waals surface area contributed by atoms with Crippen LogP contribution in [0.4, 0.5) is 11.5 Å². The van der Waals surface area contributed by atoms with Gasteiger partial charge < -0.3 is 19.5 Å². The molecular formula is C22H24N4O3. The van der Waals surface area contributed by atoms with Crippen molar-refractivity contribution in [3.05, 3.63) is 54.4 Å². The highest BCUT2D eigenvalue weighted by atomic mass is 16.3. The fraction of sp³-hybridized carbons (Fsp3) is 0.318. The van der Waals surface area contributed by atoms with Crippen molar-refractivity contribution in [2.45, 2.75) is 13.8 Å². The third-order valence-electron chi connectivity index (χ3n) is 5.10. The summed E-state index contributed by atoms with van der Waals surface area (Å²) < 4.78 is 5.87. The molecule has 29 heavy (non-hydrogen) atoms. The molecule has 150 valence electrons. The number of para-hydroxylation sites is 1. The van der Waals surface area contributed by atoms with Crippen LogP contribution in [-0.4, -0.2) is 47.9 Å². The molecule has 2 amide bonds. The molecule has 4 rings (SSSR count). The number of furan rings is 1. The van der Waals surface area contributed by atoms with Crippen LogP contribution in [0.5, 0.6) is 0 Å². The third kappa shape index (κ3) is 3.81. The fourth-order valence-corrected chi connectivity index (χ4v) is 3.41. The SMILES string of the molecule is CC(C)C(=O)Nc1c(C(=O)N2CCN(c3ccccn3)CC2)oc2ccccc12. The van der Waals surface area contributed by atoms with Crippen molar-refractivity contribution in [1.82, 2.24) is 9.88 Å². The summed E-state index contributed by atoms with van der Waals surface area (Å²) in [6, 6.07) is 13.2. The van der Waals surface area contributed by atoms with Gasteiger partial charge in [-0.3, -0.25) is 9.59 Å². The van der Waals surface area contributed by atoms with E-state index in [0.29, 0.717) is 37.4 Å². The summed E-state index contributed by atoms with van der Waals surface area (Å²) in [5.41, 5.74) is 1.04. The minimum absolute atomic E-state index is 0.148. The zero-order chi connectivity index (χ0) is 20.4. The minimum atomic E-state index is -0.207. The number of nitrogens with zero attached hydrogens (tertiary/aromatic N) is 3. The Labute approximate surface area is 169 Å². The average molecular weight is 392 g/mol. The third-order valence-corrected chi connectivity index (χ3v) is 5.10. The van der Waals surface area contributed by atoms with Gasteiger partial charge in [0.1, 0.15) is 17.1 Å². The zero-order valence-corrected chi connectivity index (χ0v) is 16.6. The lowest BCUT2D eigenvalue weighted by Gasteiger charge is -2.35. The predicted molar refractivity (Wildman–Crippen MR) is 112 cm³/mol. The Morgan fingerprint density at radius 2 is 1.76 bits per heavy atom. The number of aromatic nitrogens is 1. The second-order valence-corrected chi connectivity index (χ2v) is 7.41. The number of carbonyl (C=O) groups excluding carboxylic acids is 2. The lowest BCUT2D eigenvalue weighted by Crippen LogP contribution is -2.49. The van der Waals surface area contributed by atoms with Gasteiger partial charge in [-0.25, -0.2) is 4.98 Å². The molecule has 0 bridgehead atoms. The molecule has 3 aromatic rings. The van der Waals surface area contributed by atoms with E-state index < -0.39 is 0 Å². The average Bonchev–Trinajstić information content (AvgIpc) is 3.12. The van der Waals surface area contributed by atoms with Gasteiger partial charge in [0.05, 0.1) is 0 Å². The molecule has 2 aromatic heterocycles. The van der Waals surface area contributed by atoms with Gasteiger partial charge in [0.15, 0.2) is 0 Å². The molecular weight excluding hydrogens is 368 g/mol. The number of piperazine rings is 1. The number of carbonyl (C=O) groups is 2. The summed E-state index contributed by atoms with van der Waals surface area (Å²) in [4.78, 5) is 33.8. The van der Waals surface area contributed by atoms with Gasteiger partial charge in [0.2, 0.25) is 11.7 Å². The lowest BCUT2D eigenvalue weighted by molar-refractivity contribution is -0.118. The first kappa shape index (κ1) is 19.0. The molecule has 0 atom stereocenters. The Morgan fingerprint density at radius 3 is 2.45 bits per heavy atom. The van der Waals surface area contributed by atoms with E-state index in [1.54, 1.807) is 17.2 Å². The second-order valence-electron chi connectivity index (χ2n) is 7.41. The Bertz CT molecular complexity index is 1020. The first-order valence-corrected chi connectivity index (χ1v) is 9.82. The van der Waals surface area contributed by atoms with Crippen LogP contribution in [0, 0.1) is 5.92 Å². The molecule has 1 saturated heterocycles. The highest BCUT2D eigenvalue weighted by Crippen LogP contribution is 2.32. The maximum Gasteiger partial charge on any atom is 0.291 e. The molecule has 0 unspecified atom stereocenters. The van der Waals surface area contributed by atoms with Crippen molar-refractivity contribution in [2.24, 2.45) is 5.92 Å². The summed E-state index contributed by atoms with van der Waals surface area (Å²) in [6.07, 6.45) is 1.77. The van der Waals surface area contributed by atoms with Crippen molar-refractivity contribution in [3.8, 4) is 0 Å². The van der Waals surface area contributed by atoms with E-state index in [4.69, 9.17) is 4.42 Å². The van der Waals surface area contributed by atoms with Gasteiger partial charge in [-0.1, -0.05) is 32.0 Å². The van der Waals surface area contributed by atoms with Gasteiger partial charge >= 0.3 is 0 Å². The number of pyridine rings is 1. The van der Waals surface area contributed by atoms with Crippen LogP contribution in [0.25, 0.3) is 11.0 Å². The summed E-state index contributed by atoms with van der Waals surface area (Å²) in [5, 5.41) is 3.62. The molecule has 1 aliphatic heterocycles. The van der Waals surface area contributed by atoms with Gasteiger partial charge in [0.25, 0.3) is 5.91 Å². The van der Waals surface area contributed by atoms with Crippen LogP contribution >= 0.6 is 0 Å². The van der Waals surface area contributed by atoms with Crippen LogP contribution in [0.15, 0.2) is 53.1 Å². The second kappa shape index (κ2) is 7.95. The number of amides is 2. The molecule has 0 spiro atoms. The summed E-state index contributed by atoms with van der Waals surface area (Å²) in [7, 11) is 0. The number of fused-ring (bicyclic) bond motifs is 1. The van der Waals surface area contributed by atoms with E-state index in [1.807, 2.05) is 50.2 Å². The monoisotopic (exact) mass is 392 g/mol. The molecule has 1 aromatic carbocycles. The van der Waals surface area contributed by atoms with Gasteiger partial charge in [-0.2, -0.15) is 0 Å². The Kier molecular flexibility index (Phi) is 5.20. The first-order chi connectivity index (χ1) is 14.0. The van der Waals surface area contributed by atoms with Crippen molar-refractivity contribution < 1.29 is 14.0 Å². The molecule has 1 fully saturated rings. The van der Waals surface area contributed by atoms with Crippen molar-refractivity contribution in [3.63, 3.8) is 0 Å². The van der Waals surface area contributed by atoms with E-state index in [2.05, 4.69) is 15.2 Å². The van der Waals surface area contributed by atoms with Crippen molar-refractivity contribution in [1.29, 1.82) is 0 Å². The number of rotatable bonds is 4. The summed E-state index contributed by atoms with van der Waals surface area (Å²) >= 11 is 0. The predicted octanol–water partition coefficient (Wildman–Crippen LogP) is 3.38. The first-order valence-electron chi connectivity index (χ1n) is 9.82. The van der Waals surface area contributed by atoms with Crippen LogP contribution in [0.2, 0.25) is 0 Å². The fourth-order valence-electron chi connectivity index (χ4n) is 3.41. The van der Waals surface area contributed by atoms with Crippen LogP contribution < -0.4 is 10.2 Å². The van der Waals surface area contributed by atoms with E-state index in [9.17, 15) is 9.59 Å². The van der Waals surface area contributed by atoms with Gasteiger partial charge in [-0.15, -0.1) is 0 Å². The highest BCUT2D eigenvalue weighted by Gasteiger charge is 2.29. The normalized spacial score (nSPS) is 14.4. The van der Waals surface area contributed by atoms with Crippen molar-refractivity contribution in [2.75, 3.05) is 36.4 Å². The number of hydrogen-bond donors (Lipinski definition) is 1. The zero-order valence-electron chi connectivity index (χ0n) is 16.6. The topological polar surface area (TPSA) is 78.7 Å². The van der Waals surface area contributed by atoms with Crippen LogP contribution in [-0.2, 0) is 4.79 Å². The number of benzene rings is 1. The maximum absolute atomic E-state index is 13.2. The Morgan fingerprint density at radius 1 is 1.03 bits per heavy atom. The number of nitrogens with one attached hydrogen (secondary N) is 1. The molecule has 7 nitrogen and oxygen atoms in total. The van der Waals surface area contributed by atoms with Crippen LogP contribution in [0.1, 0.15) is 24.4 Å². The largest absolute Gasteiger partial charge is 0.449 e. The molecule has 1 aliphatic rings. The van der Waals surface area contributed by atoms with Gasteiger partial charge in [-0.05, 0) is 24.3 Å². The van der Waals surface area contributed by atoms with Crippen molar-refractivity contribution >= 4 is 34.3 Å². The Balaban J connectivity index is 1.56. The minimum Gasteiger partial charge on any atom is -0.449 e. The van der Waals surface area contributed by atoms with E-state index in [1.165, 1.54) is 0 Å². The maximum atomic E-state index is 13.2. The number of hydrogen-bond acceptors (Lipinski definition) is 5. The van der Waals surface area contributed by atoms with E-state index in [-0.39, 0.29) is 23.5 Å². The lowest BCUT2D eigenvalue weighted by atomic mass is 10.1. The number of anilines is 2. The van der Waals surface area contributed by atoms with E-state index in [0.717, 1.165) is 11.2 Å². The molecule has 0 saturated carbocycles. The van der Waals surface area contributed by atoms with E-state index >= 15 is 0 Å². The molecule has 7 heteroatoms. The summed E-state index contributed by atoms with van der Waals surface area (Å²) in [5.74, 6) is 0.541. The highest BCUT2D eigenvalue weighted by molar-refractivity contribution is 6.11. The van der Waals surface area contributed by atoms with Gasteiger partial charge in [0, 0.05) is 43.7 Å². The van der Waals surface area contributed by atoms with Crippen LogP contribution in [0.3, 0.4) is 0 Å². The summed E-state index contributed by atoms with van der Waals surface area (Å²) in [6.45, 7) is 6.13. The standard InChI is InChI=1S/C22H24N4O3/c1-15(2)21(27)24-19-16-7-3-4-8-17(16)29-20(19)22(28)26-13-11-25(12-14-26)18-9-5-6-10-23-18/h3-10,15H,11-14H2,1-2H3,(H,24,27). The molecule has 0 aliphatic carbocycles. The molecule has 1 N–H and O–H groups in total.